The van der Waals surface area contributed by atoms with Crippen molar-refractivity contribution in [1.82, 2.24) is 20.2 Å². The Hall–Kier alpha value is -2.87. The Morgan fingerprint density at radius 3 is 2.56 bits per heavy atom. The van der Waals surface area contributed by atoms with Crippen molar-refractivity contribution in [2.24, 2.45) is 0 Å². The van der Waals surface area contributed by atoms with Crippen molar-refractivity contribution in [3.63, 3.8) is 0 Å². The number of methoxy groups -OCH3 is 2. The molecule has 0 radical (unpaired) electrons. The standard InChI is InChI=1S/C17H16N4O3S/c1-23-13-9-7-12(8-10-13)21-17(18-19-20-21)25-11-15(22)14-5-3-4-6-16(14)24-2/h3-10H,11H2,1-2H3. The number of ether oxygens (including phenoxy) is 2. The van der Waals surface area contributed by atoms with Gasteiger partial charge in [-0.2, -0.15) is 4.68 Å². The molecule has 0 spiro atoms. The van der Waals surface area contributed by atoms with Crippen LogP contribution in [-0.4, -0.2) is 46.0 Å². The molecular formula is C17H16N4O3S. The zero-order chi connectivity index (χ0) is 17.6. The summed E-state index contributed by atoms with van der Waals surface area (Å²) in [6.07, 6.45) is 0. The molecule has 1 aromatic heterocycles. The number of Topliss-reactive ketones (excluding diaryl/α,β-unsaturated/α-hetero) is 1. The summed E-state index contributed by atoms with van der Waals surface area (Å²) in [5, 5.41) is 12.2. The Morgan fingerprint density at radius 2 is 1.84 bits per heavy atom. The maximum Gasteiger partial charge on any atom is 0.214 e. The molecule has 0 saturated carbocycles. The second kappa shape index (κ2) is 7.80. The van der Waals surface area contributed by atoms with Crippen LogP contribution in [0, 0.1) is 0 Å². The van der Waals surface area contributed by atoms with E-state index in [4.69, 9.17) is 9.47 Å². The average Bonchev–Trinajstić information content (AvgIpc) is 3.14. The van der Waals surface area contributed by atoms with Gasteiger partial charge in [0.25, 0.3) is 0 Å². The maximum atomic E-state index is 12.5. The van der Waals surface area contributed by atoms with Crippen LogP contribution >= 0.6 is 11.8 Å². The van der Waals surface area contributed by atoms with Crippen molar-refractivity contribution in [1.29, 1.82) is 0 Å². The van der Waals surface area contributed by atoms with E-state index in [1.807, 2.05) is 36.4 Å². The van der Waals surface area contributed by atoms with Gasteiger partial charge < -0.3 is 9.47 Å². The summed E-state index contributed by atoms with van der Waals surface area (Å²) in [7, 11) is 3.15. The highest BCUT2D eigenvalue weighted by Crippen LogP contribution is 2.24. The van der Waals surface area contributed by atoms with E-state index in [9.17, 15) is 4.79 Å². The molecule has 0 fully saturated rings. The van der Waals surface area contributed by atoms with Gasteiger partial charge in [0.1, 0.15) is 11.5 Å². The lowest BCUT2D eigenvalue weighted by atomic mass is 10.1. The van der Waals surface area contributed by atoms with Gasteiger partial charge in [-0.3, -0.25) is 4.79 Å². The fourth-order valence-electron chi connectivity index (χ4n) is 2.24. The van der Waals surface area contributed by atoms with Crippen molar-refractivity contribution in [3.05, 3.63) is 54.1 Å². The van der Waals surface area contributed by atoms with Crippen LogP contribution in [0.15, 0.2) is 53.7 Å². The smallest absolute Gasteiger partial charge is 0.214 e. The van der Waals surface area contributed by atoms with E-state index < -0.39 is 0 Å². The largest absolute Gasteiger partial charge is 0.497 e. The molecule has 0 aliphatic rings. The van der Waals surface area contributed by atoms with Crippen molar-refractivity contribution in [2.45, 2.75) is 5.16 Å². The molecule has 1 heterocycles. The van der Waals surface area contributed by atoms with Crippen LogP contribution in [0.1, 0.15) is 10.4 Å². The minimum absolute atomic E-state index is 0.0493. The lowest BCUT2D eigenvalue weighted by Gasteiger charge is -2.07. The monoisotopic (exact) mass is 356 g/mol. The van der Waals surface area contributed by atoms with Gasteiger partial charge in [0.15, 0.2) is 5.78 Å². The molecular weight excluding hydrogens is 340 g/mol. The molecule has 3 aromatic rings. The Balaban J connectivity index is 1.74. The third-order valence-corrected chi connectivity index (χ3v) is 4.42. The third-order valence-electron chi connectivity index (χ3n) is 3.50. The van der Waals surface area contributed by atoms with E-state index in [2.05, 4.69) is 15.5 Å². The molecule has 0 aliphatic carbocycles. The van der Waals surface area contributed by atoms with Gasteiger partial charge in [-0.15, -0.1) is 5.10 Å². The molecule has 0 atom stereocenters. The number of para-hydroxylation sites is 1. The number of rotatable bonds is 7. The van der Waals surface area contributed by atoms with Crippen molar-refractivity contribution in [3.8, 4) is 17.2 Å². The number of hydrogen-bond donors (Lipinski definition) is 0. The number of tetrazole rings is 1. The zero-order valence-electron chi connectivity index (χ0n) is 13.7. The quantitative estimate of drug-likeness (QED) is 0.475. The third kappa shape index (κ3) is 3.80. The summed E-state index contributed by atoms with van der Waals surface area (Å²) in [6.45, 7) is 0. The van der Waals surface area contributed by atoms with Crippen LogP contribution in [-0.2, 0) is 0 Å². The molecule has 8 heteroatoms. The van der Waals surface area contributed by atoms with E-state index in [0.717, 1.165) is 11.4 Å². The van der Waals surface area contributed by atoms with Crippen LogP contribution in [0.2, 0.25) is 0 Å². The molecule has 25 heavy (non-hydrogen) atoms. The molecule has 0 amide bonds. The average molecular weight is 356 g/mol. The zero-order valence-corrected chi connectivity index (χ0v) is 14.6. The molecule has 0 N–H and O–H groups in total. The van der Waals surface area contributed by atoms with Crippen LogP contribution in [0.5, 0.6) is 11.5 Å². The maximum absolute atomic E-state index is 12.5. The highest BCUT2D eigenvalue weighted by atomic mass is 32.2. The lowest BCUT2D eigenvalue weighted by molar-refractivity contribution is 0.101. The molecule has 0 unspecified atom stereocenters. The number of thioether (sulfide) groups is 1. The van der Waals surface area contributed by atoms with Crippen LogP contribution in [0.25, 0.3) is 5.69 Å². The molecule has 0 aliphatic heterocycles. The predicted molar refractivity (Wildman–Crippen MR) is 93.8 cm³/mol. The number of hydrogen-bond acceptors (Lipinski definition) is 7. The number of carbonyl (C=O) groups is 1. The number of carbonyl (C=O) groups excluding carboxylic acids is 1. The Kier molecular flexibility index (Phi) is 5.30. The van der Waals surface area contributed by atoms with Gasteiger partial charge in [0, 0.05) is 0 Å². The van der Waals surface area contributed by atoms with Gasteiger partial charge in [0.2, 0.25) is 5.16 Å². The first-order chi connectivity index (χ1) is 12.2. The molecule has 2 aromatic carbocycles. The van der Waals surface area contributed by atoms with E-state index in [1.54, 1.807) is 31.0 Å². The molecule has 0 saturated heterocycles. The van der Waals surface area contributed by atoms with Gasteiger partial charge in [-0.1, -0.05) is 23.9 Å². The highest BCUT2D eigenvalue weighted by molar-refractivity contribution is 7.99. The minimum atomic E-state index is -0.0493. The Morgan fingerprint density at radius 1 is 1.08 bits per heavy atom. The van der Waals surface area contributed by atoms with Gasteiger partial charge in [-0.05, 0) is 46.8 Å². The first-order valence-corrected chi connectivity index (χ1v) is 8.43. The fourth-order valence-corrected chi connectivity index (χ4v) is 3.01. The number of nitrogens with zero attached hydrogens (tertiary/aromatic N) is 4. The number of ketones is 1. The van der Waals surface area contributed by atoms with E-state index in [-0.39, 0.29) is 11.5 Å². The molecule has 3 rings (SSSR count). The predicted octanol–water partition coefficient (Wildman–Crippen LogP) is 2.65. The summed E-state index contributed by atoms with van der Waals surface area (Å²) in [6, 6.07) is 14.5. The van der Waals surface area contributed by atoms with Gasteiger partial charge >= 0.3 is 0 Å². The number of benzene rings is 2. The molecule has 0 bridgehead atoms. The van der Waals surface area contributed by atoms with Crippen molar-refractivity contribution < 1.29 is 14.3 Å². The summed E-state index contributed by atoms with van der Waals surface area (Å²) >= 11 is 1.27. The van der Waals surface area contributed by atoms with E-state index in [0.29, 0.717) is 16.5 Å². The first kappa shape index (κ1) is 17.0. The Bertz CT molecular complexity index is 864. The van der Waals surface area contributed by atoms with Crippen LogP contribution in [0.3, 0.4) is 0 Å². The molecule has 7 nitrogen and oxygen atoms in total. The molecule has 128 valence electrons. The normalized spacial score (nSPS) is 10.5. The second-order valence-corrected chi connectivity index (χ2v) is 5.93. The second-order valence-electron chi connectivity index (χ2n) is 4.98. The van der Waals surface area contributed by atoms with E-state index in [1.165, 1.54) is 11.8 Å². The first-order valence-electron chi connectivity index (χ1n) is 7.44. The Labute approximate surface area is 149 Å². The van der Waals surface area contributed by atoms with E-state index >= 15 is 0 Å². The van der Waals surface area contributed by atoms with Gasteiger partial charge in [0.05, 0.1) is 31.2 Å². The SMILES string of the molecule is COc1ccc(-n2nnnc2SCC(=O)c2ccccc2OC)cc1. The topological polar surface area (TPSA) is 79.1 Å². The van der Waals surface area contributed by atoms with Crippen molar-refractivity contribution >= 4 is 17.5 Å². The van der Waals surface area contributed by atoms with Gasteiger partial charge in [-0.25, -0.2) is 0 Å². The lowest BCUT2D eigenvalue weighted by Crippen LogP contribution is -2.06. The fraction of sp³-hybridized carbons (Fsp3) is 0.176. The minimum Gasteiger partial charge on any atom is -0.497 e. The van der Waals surface area contributed by atoms with Crippen LogP contribution < -0.4 is 9.47 Å². The highest BCUT2D eigenvalue weighted by Gasteiger charge is 2.15. The summed E-state index contributed by atoms with van der Waals surface area (Å²) in [5.74, 6) is 1.46. The number of aromatic nitrogens is 4. The summed E-state index contributed by atoms with van der Waals surface area (Å²) in [5.41, 5.74) is 1.33. The summed E-state index contributed by atoms with van der Waals surface area (Å²) in [4.78, 5) is 12.5. The van der Waals surface area contributed by atoms with Crippen molar-refractivity contribution in [2.75, 3.05) is 20.0 Å². The van der Waals surface area contributed by atoms with Crippen LogP contribution in [0.4, 0.5) is 0 Å². The summed E-state index contributed by atoms with van der Waals surface area (Å²) < 4.78 is 12.0.